The van der Waals surface area contributed by atoms with Crippen LogP contribution in [0, 0.1) is 0 Å². The Hall–Kier alpha value is -3.48. The van der Waals surface area contributed by atoms with Gasteiger partial charge < -0.3 is 15.6 Å². The predicted octanol–water partition coefficient (Wildman–Crippen LogP) is 1.62. The fourth-order valence-corrected chi connectivity index (χ4v) is 2.01. The van der Waals surface area contributed by atoms with Gasteiger partial charge in [-0.3, -0.25) is 14.6 Å². The van der Waals surface area contributed by atoms with Crippen LogP contribution in [0.1, 0.15) is 20.8 Å². The fraction of sp³-hybridized carbons (Fsp3) is 0. The zero-order chi connectivity index (χ0) is 16.2. The molecular formula is C16H13N5O2. The summed E-state index contributed by atoms with van der Waals surface area (Å²) in [6, 6.07) is 10.2. The minimum atomic E-state index is -0.632. The maximum absolute atomic E-state index is 12.1. The van der Waals surface area contributed by atoms with Gasteiger partial charge >= 0.3 is 0 Å². The molecule has 2 heterocycles. The third-order valence-corrected chi connectivity index (χ3v) is 3.21. The van der Waals surface area contributed by atoms with Gasteiger partial charge in [-0.05, 0) is 36.4 Å². The molecule has 2 amide bonds. The van der Waals surface area contributed by atoms with E-state index < -0.39 is 5.91 Å². The van der Waals surface area contributed by atoms with Crippen molar-refractivity contribution in [3.8, 4) is 5.69 Å². The van der Waals surface area contributed by atoms with Crippen molar-refractivity contribution in [1.29, 1.82) is 0 Å². The molecule has 0 atom stereocenters. The first kappa shape index (κ1) is 14.5. The number of pyridine rings is 1. The average Bonchev–Trinajstić information content (AvgIpc) is 3.10. The van der Waals surface area contributed by atoms with E-state index in [0.717, 1.165) is 5.69 Å². The second-order valence-electron chi connectivity index (χ2n) is 4.77. The van der Waals surface area contributed by atoms with Crippen LogP contribution in [0.2, 0.25) is 0 Å². The summed E-state index contributed by atoms with van der Waals surface area (Å²) in [4.78, 5) is 30.9. The normalized spacial score (nSPS) is 10.3. The smallest absolute Gasteiger partial charge is 0.267 e. The molecule has 3 aromatic rings. The van der Waals surface area contributed by atoms with Crippen molar-refractivity contribution in [2.24, 2.45) is 5.73 Å². The van der Waals surface area contributed by atoms with Gasteiger partial charge in [-0.25, -0.2) is 4.98 Å². The summed E-state index contributed by atoms with van der Waals surface area (Å²) in [6.07, 6.45) is 6.53. The SMILES string of the molecule is NC(=O)c1ccc(C(=O)Nc2ccc(-n3ccnc3)cc2)cn1. The number of benzene rings is 1. The van der Waals surface area contributed by atoms with Crippen molar-refractivity contribution >= 4 is 17.5 Å². The van der Waals surface area contributed by atoms with E-state index >= 15 is 0 Å². The molecular weight excluding hydrogens is 294 g/mol. The van der Waals surface area contributed by atoms with Crippen LogP contribution in [0.15, 0.2) is 61.3 Å². The monoisotopic (exact) mass is 307 g/mol. The van der Waals surface area contributed by atoms with Gasteiger partial charge in [0.2, 0.25) is 0 Å². The van der Waals surface area contributed by atoms with Crippen molar-refractivity contribution in [2.45, 2.75) is 0 Å². The number of carbonyl (C=O) groups excluding carboxylic acids is 2. The molecule has 1 aromatic carbocycles. The lowest BCUT2D eigenvalue weighted by Crippen LogP contribution is -2.15. The summed E-state index contributed by atoms with van der Waals surface area (Å²) >= 11 is 0. The zero-order valence-corrected chi connectivity index (χ0v) is 12.0. The number of imidazole rings is 1. The van der Waals surface area contributed by atoms with Crippen LogP contribution in [-0.4, -0.2) is 26.3 Å². The van der Waals surface area contributed by atoms with Gasteiger partial charge in [0.25, 0.3) is 11.8 Å². The minimum Gasteiger partial charge on any atom is -0.364 e. The van der Waals surface area contributed by atoms with Crippen LogP contribution in [0.4, 0.5) is 5.69 Å². The molecule has 0 aliphatic carbocycles. The first-order valence-corrected chi connectivity index (χ1v) is 6.79. The number of anilines is 1. The van der Waals surface area contributed by atoms with E-state index in [1.165, 1.54) is 18.3 Å². The molecule has 0 fully saturated rings. The zero-order valence-electron chi connectivity index (χ0n) is 12.0. The standard InChI is InChI=1S/C16H13N5O2/c17-15(22)14-6-1-11(9-19-14)16(23)20-12-2-4-13(5-3-12)21-8-7-18-10-21/h1-10H,(H2,17,22)(H,20,23). The molecule has 0 unspecified atom stereocenters. The third kappa shape index (κ3) is 3.24. The van der Waals surface area contributed by atoms with Gasteiger partial charge in [0, 0.05) is 30.0 Å². The average molecular weight is 307 g/mol. The summed E-state index contributed by atoms with van der Waals surface area (Å²) < 4.78 is 1.86. The Morgan fingerprint density at radius 1 is 1.09 bits per heavy atom. The van der Waals surface area contributed by atoms with Crippen molar-refractivity contribution in [3.05, 3.63) is 72.6 Å². The van der Waals surface area contributed by atoms with E-state index in [-0.39, 0.29) is 11.6 Å². The molecule has 0 aliphatic heterocycles. The number of nitrogens with two attached hydrogens (primary N) is 1. The Balaban J connectivity index is 1.71. The molecule has 0 saturated heterocycles. The molecule has 114 valence electrons. The van der Waals surface area contributed by atoms with E-state index in [0.29, 0.717) is 11.3 Å². The summed E-state index contributed by atoms with van der Waals surface area (Å²) in [7, 11) is 0. The van der Waals surface area contributed by atoms with Crippen LogP contribution < -0.4 is 11.1 Å². The molecule has 3 rings (SSSR count). The predicted molar refractivity (Wildman–Crippen MR) is 84.3 cm³/mol. The number of carbonyl (C=O) groups is 2. The highest BCUT2D eigenvalue weighted by molar-refractivity contribution is 6.04. The maximum Gasteiger partial charge on any atom is 0.267 e. The lowest BCUT2D eigenvalue weighted by atomic mass is 10.2. The Morgan fingerprint density at radius 3 is 2.43 bits per heavy atom. The lowest BCUT2D eigenvalue weighted by Gasteiger charge is -2.07. The quantitative estimate of drug-likeness (QED) is 0.764. The highest BCUT2D eigenvalue weighted by Crippen LogP contribution is 2.14. The number of hydrogen-bond donors (Lipinski definition) is 2. The van der Waals surface area contributed by atoms with Crippen LogP contribution >= 0.6 is 0 Å². The highest BCUT2D eigenvalue weighted by atomic mass is 16.2. The molecule has 2 aromatic heterocycles. The van der Waals surface area contributed by atoms with E-state index in [4.69, 9.17) is 5.73 Å². The molecule has 0 saturated carbocycles. The number of nitrogens with one attached hydrogen (secondary N) is 1. The highest BCUT2D eigenvalue weighted by Gasteiger charge is 2.08. The first-order chi connectivity index (χ1) is 11.1. The maximum atomic E-state index is 12.1. The Kier molecular flexibility index (Phi) is 3.84. The molecule has 0 bridgehead atoms. The largest absolute Gasteiger partial charge is 0.364 e. The van der Waals surface area contributed by atoms with Crippen LogP contribution in [-0.2, 0) is 0 Å². The molecule has 0 radical (unpaired) electrons. The van der Waals surface area contributed by atoms with Crippen LogP contribution in [0.5, 0.6) is 0 Å². The fourth-order valence-electron chi connectivity index (χ4n) is 2.01. The topological polar surface area (TPSA) is 103 Å². The van der Waals surface area contributed by atoms with E-state index in [9.17, 15) is 9.59 Å². The number of nitrogens with zero attached hydrogens (tertiary/aromatic N) is 3. The van der Waals surface area contributed by atoms with Crippen molar-refractivity contribution in [1.82, 2.24) is 14.5 Å². The number of amides is 2. The summed E-state index contributed by atoms with van der Waals surface area (Å²) in [5.74, 6) is -0.948. The van der Waals surface area contributed by atoms with Gasteiger partial charge in [-0.2, -0.15) is 0 Å². The number of primary amides is 1. The van der Waals surface area contributed by atoms with Gasteiger partial charge in [0.15, 0.2) is 0 Å². The van der Waals surface area contributed by atoms with Gasteiger partial charge in [-0.15, -0.1) is 0 Å². The molecule has 23 heavy (non-hydrogen) atoms. The van der Waals surface area contributed by atoms with E-state index in [2.05, 4.69) is 15.3 Å². The Bertz CT molecular complexity index is 824. The van der Waals surface area contributed by atoms with E-state index in [1.54, 1.807) is 24.7 Å². The van der Waals surface area contributed by atoms with Gasteiger partial charge in [0.1, 0.15) is 5.69 Å². The van der Waals surface area contributed by atoms with Crippen molar-refractivity contribution in [2.75, 3.05) is 5.32 Å². The molecule has 0 aliphatic rings. The molecule has 3 N–H and O–H groups in total. The summed E-state index contributed by atoms with van der Waals surface area (Å²) in [6.45, 7) is 0. The second-order valence-corrected chi connectivity index (χ2v) is 4.77. The van der Waals surface area contributed by atoms with Gasteiger partial charge in [0.05, 0.1) is 11.9 Å². The first-order valence-electron chi connectivity index (χ1n) is 6.79. The second kappa shape index (κ2) is 6.10. The Morgan fingerprint density at radius 2 is 1.87 bits per heavy atom. The molecule has 7 nitrogen and oxygen atoms in total. The summed E-state index contributed by atoms with van der Waals surface area (Å²) in [5, 5.41) is 2.76. The lowest BCUT2D eigenvalue weighted by molar-refractivity contribution is 0.0990. The number of hydrogen-bond acceptors (Lipinski definition) is 4. The minimum absolute atomic E-state index is 0.117. The van der Waals surface area contributed by atoms with E-state index in [1.807, 2.05) is 22.9 Å². The third-order valence-electron chi connectivity index (χ3n) is 3.21. The van der Waals surface area contributed by atoms with Crippen molar-refractivity contribution in [3.63, 3.8) is 0 Å². The van der Waals surface area contributed by atoms with Crippen LogP contribution in [0.25, 0.3) is 5.69 Å². The number of rotatable bonds is 4. The number of aromatic nitrogens is 3. The summed E-state index contributed by atoms with van der Waals surface area (Å²) in [5.41, 5.74) is 7.16. The van der Waals surface area contributed by atoms with Crippen LogP contribution in [0.3, 0.4) is 0 Å². The molecule has 7 heteroatoms. The van der Waals surface area contributed by atoms with Crippen molar-refractivity contribution < 1.29 is 9.59 Å². The molecule has 0 spiro atoms. The van der Waals surface area contributed by atoms with Gasteiger partial charge in [-0.1, -0.05) is 0 Å². The Labute approximate surface area is 131 Å².